The molecule has 2 aromatic carbocycles. The molecule has 0 aliphatic carbocycles. The lowest BCUT2D eigenvalue weighted by Crippen LogP contribution is -2.41. The minimum absolute atomic E-state index is 0.0188. The molecule has 1 aliphatic rings. The van der Waals surface area contributed by atoms with Crippen LogP contribution in [0.15, 0.2) is 42.5 Å². The molecule has 0 saturated carbocycles. The number of amides is 2. The molecule has 0 fully saturated rings. The van der Waals surface area contributed by atoms with E-state index < -0.39 is 21.8 Å². The number of carbonyl (C=O) groups excluding carboxylic acids is 2. The predicted octanol–water partition coefficient (Wildman–Crippen LogP) is 1.64. The number of rotatable bonds is 6. The Morgan fingerprint density at radius 1 is 0.964 bits per heavy atom. The molecular formula is C18H19N3O6S. The van der Waals surface area contributed by atoms with Gasteiger partial charge in [0, 0.05) is 16.8 Å². The van der Waals surface area contributed by atoms with E-state index in [1.54, 1.807) is 19.1 Å². The zero-order valence-electron chi connectivity index (χ0n) is 15.0. The van der Waals surface area contributed by atoms with Crippen molar-refractivity contribution in [3.63, 3.8) is 0 Å². The maximum atomic E-state index is 12.3. The first-order valence-electron chi connectivity index (χ1n) is 8.49. The van der Waals surface area contributed by atoms with Crippen LogP contribution in [0.2, 0.25) is 0 Å². The molecule has 2 aromatic rings. The SMILES string of the molecule is CCCS(=O)(=O)Nc1cccc(C(=O)NNC(=O)c2ccc3c(c2)OCO3)c1. The molecule has 28 heavy (non-hydrogen) atoms. The Labute approximate surface area is 162 Å². The van der Waals surface area contributed by atoms with Gasteiger partial charge in [0.15, 0.2) is 11.5 Å². The van der Waals surface area contributed by atoms with E-state index in [0.29, 0.717) is 17.9 Å². The zero-order valence-corrected chi connectivity index (χ0v) is 15.8. The molecule has 0 bridgehead atoms. The van der Waals surface area contributed by atoms with Crippen LogP contribution in [0.3, 0.4) is 0 Å². The highest BCUT2D eigenvalue weighted by Crippen LogP contribution is 2.32. The molecule has 0 radical (unpaired) electrons. The van der Waals surface area contributed by atoms with Gasteiger partial charge in [-0.3, -0.25) is 25.2 Å². The summed E-state index contributed by atoms with van der Waals surface area (Å²) >= 11 is 0. The van der Waals surface area contributed by atoms with Crippen LogP contribution >= 0.6 is 0 Å². The van der Waals surface area contributed by atoms with Crippen molar-refractivity contribution in [2.75, 3.05) is 17.3 Å². The fourth-order valence-electron chi connectivity index (χ4n) is 2.52. The second-order valence-electron chi connectivity index (χ2n) is 5.98. The molecule has 2 amide bonds. The molecule has 0 aromatic heterocycles. The average molecular weight is 405 g/mol. The smallest absolute Gasteiger partial charge is 0.269 e. The largest absolute Gasteiger partial charge is 0.454 e. The molecule has 9 nitrogen and oxygen atoms in total. The molecule has 3 N–H and O–H groups in total. The van der Waals surface area contributed by atoms with Crippen molar-refractivity contribution in [2.45, 2.75) is 13.3 Å². The molecule has 0 unspecified atom stereocenters. The minimum atomic E-state index is -3.47. The lowest BCUT2D eigenvalue weighted by Gasteiger charge is -2.10. The third-order valence-corrected chi connectivity index (χ3v) is 5.29. The number of carbonyl (C=O) groups is 2. The van der Waals surface area contributed by atoms with Gasteiger partial charge >= 0.3 is 0 Å². The standard InChI is InChI=1S/C18H19N3O6S/c1-2-8-28(24,25)21-14-5-3-4-12(9-14)17(22)19-20-18(23)13-6-7-15-16(10-13)27-11-26-15/h3-7,9-10,21H,2,8,11H2,1H3,(H,19,22)(H,20,23). The summed E-state index contributed by atoms with van der Waals surface area (Å²) in [5.41, 5.74) is 5.33. The third-order valence-electron chi connectivity index (χ3n) is 3.80. The van der Waals surface area contributed by atoms with Crippen LogP contribution in [-0.2, 0) is 10.0 Å². The van der Waals surface area contributed by atoms with Gasteiger partial charge in [-0.15, -0.1) is 0 Å². The second kappa shape index (κ2) is 8.17. The van der Waals surface area contributed by atoms with Crippen molar-refractivity contribution in [2.24, 2.45) is 0 Å². The van der Waals surface area contributed by atoms with Crippen LogP contribution in [0.1, 0.15) is 34.1 Å². The van der Waals surface area contributed by atoms with Crippen LogP contribution in [-0.4, -0.2) is 32.8 Å². The maximum Gasteiger partial charge on any atom is 0.269 e. The van der Waals surface area contributed by atoms with Crippen LogP contribution in [0.5, 0.6) is 11.5 Å². The van der Waals surface area contributed by atoms with Gasteiger partial charge in [-0.2, -0.15) is 0 Å². The van der Waals surface area contributed by atoms with E-state index in [-0.39, 0.29) is 29.4 Å². The first kappa shape index (κ1) is 19.5. The number of hydrogen-bond acceptors (Lipinski definition) is 6. The summed E-state index contributed by atoms with van der Waals surface area (Å²) in [6.07, 6.45) is 0.474. The molecular weight excluding hydrogens is 386 g/mol. The lowest BCUT2D eigenvalue weighted by molar-refractivity contribution is 0.0846. The quantitative estimate of drug-likeness (QED) is 0.628. The number of anilines is 1. The molecule has 0 saturated heterocycles. The summed E-state index contributed by atoms with van der Waals surface area (Å²) in [4.78, 5) is 24.5. The Morgan fingerprint density at radius 2 is 1.64 bits per heavy atom. The van der Waals surface area contributed by atoms with Crippen molar-refractivity contribution in [1.82, 2.24) is 10.9 Å². The van der Waals surface area contributed by atoms with E-state index in [4.69, 9.17) is 9.47 Å². The summed E-state index contributed by atoms with van der Waals surface area (Å²) < 4.78 is 36.5. The number of sulfonamides is 1. The van der Waals surface area contributed by atoms with Gasteiger partial charge in [0.25, 0.3) is 11.8 Å². The van der Waals surface area contributed by atoms with E-state index in [9.17, 15) is 18.0 Å². The predicted molar refractivity (Wildman–Crippen MR) is 102 cm³/mol. The monoisotopic (exact) mass is 405 g/mol. The Bertz CT molecular complexity index is 1010. The fourth-order valence-corrected chi connectivity index (χ4v) is 3.64. The van der Waals surface area contributed by atoms with E-state index in [0.717, 1.165) is 0 Å². The highest BCUT2D eigenvalue weighted by atomic mass is 32.2. The summed E-state index contributed by atoms with van der Waals surface area (Å²) in [6.45, 7) is 1.85. The summed E-state index contributed by atoms with van der Waals surface area (Å²) in [7, 11) is -3.47. The average Bonchev–Trinajstić information content (AvgIpc) is 3.13. The van der Waals surface area contributed by atoms with Crippen molar-refractivity contribution in [1.29, 1.82) is 0 Å². The van der Waals surface area contributed by atoms with Crippen LogP contribution in [0.4, 0.5) is 5.69 Å². The van der Waals surface area contributed by atoms with E-state index in [2.05, 4.69) is 15.6 Å². The summed E-state index contributed by atoms with van der Waals surface area (Å²) in [5, 5.41) is 0. The van der Waals surface area contributed by atoms with Crippen molar-refractivity contribution >= 4 is 27.5 Å². The second-order valence-corrected chi connectivity index (χ2v) is 7.82. The van der Waals surface area contributed by atoms with Crippen molar-refractivity contribution in [3.8, 4) is 11.5 Å². The first-order valence-corrected chi connectivity index (χ1v) is 10.1. The molecule has 0 spiro atoms. The molecule has 10 heteroatoms. The fraction of sp³-hybridized carbons (Fsp3) is 0.222. The molecule has 1 heterocycles. The number of nitrogens with one attached hydrogen (secondary N) is 3. The van der Waals surface area contributed by atoms with Crippen LogP contribution in [0, 0.1) is 0 Å². The van der Waals surface area contributed by atoms with Crippen LogP contribution in [0.25, 0.3) is 0 Å². The Morgan fingerprint density at radius 3 is 2.36 bits per heavy atom. The van der Waals surface area contributed by atoms with Gasteiger partial charge < -0.3 is 9.47 Å². The zero-order chi connectivity index (χ0) is 20.1. The lowest BCUT2D eigenvalue weighted by atomic mass is 10.2. The number of benzene rings is 2. The van der Waals surface area contributed by atoms with E-state index >= 15 is 0 Å². The Hall–Kier alpha value is -3.27. The van der Waals surface area contributed by atoms with Gasteiger partial charge in [0.05, 0.1) is 5.75 Å². The molecule has 148 valence electrons. The number of hydrazine groups is 1. The van der Waals surface area contributed by atoms with Gasteiger partial charge in [-0.05, 0) is 42.8 Å². The van der Waals surface area contributed by atoms with Crippen LogP contribution < -0.4 is 25.0 Å². The number of fused-ring (bicyclic) bond motifs is 1. The number of ether oxygens (including phenoxy) is 2. The van der Waals surface area contributed by atoms with Gasteiger partial charge in [0.2, 0.25) is 16.8 Å². The normalized spacial score (nSPS) is 12.3. The van der Waals surface area contributed by atoms with Crippen molar-refractivity contribution < 1.29 is 27.5 Å². The van der Waals surface area contributed by atoms with Crippen molar-refractivity contribution in [3.05, 3.63) is 53.6 Å². The number of hydrogen-bond donors (Lipinski definition) is 3. The molecule has 0 atom stereocenters. The van der Waals surface area contributed by atoms with Gasteiger partial charge in [-0.25, -0.2) is 8.42 Å². The molecule has 1 aliphatic heterocycles. The minimum Gasteiger partial charge on any atom is -0.454 e. The topological polar surface area (TPSA) is 123 Å². The van der Waals surface area contributed by atoms with Gasteiger partial charge in [0.1, 0.15) is 0 Å². The van der Waals surface area contributed by atoms with Gasteiger partial charge in [-0.1, -0.05) is 13.0 Å². The first-order chi connectivity index (χ1) is 13.4. The summed E-state index contributed by atoms with van der Waals surface area (Å²) in [5.74, 6) is -0.152. The Balaban J connectivity index is 1.62. The Kier molecular flexibility index (Phi) is 5.69. The van der Waals surface area contributed by atoms with E-state index in [1.807, 2.05) is 0 Å². The molecule has 3 rings (SSSR count). The summed E-state index contributed by atoms with van der Waals surface area (Å²) in [6, 6.07) is 10.6. The van der Waals surface area contributed by atoms with E-state index in [1.165, 1.54) is 30.3 Å². The third kappa shape index (κ3) is 4.71. The highest BCUT2D eigenvalue weighted by Gasteiger charge is 2.17. The maximum absolute atomic E-state index is 12.3. The highest BCUT2D eigenvalue weighted by molar-refractivity contribution is 7.92.